The van der Waals surface area contributed by atoms with Crippen LogP contribution in [0.25, 0.3) is 0 Å². The summed E-state index contributed by atoms with van der Waals surface area (Å²) in [5.74, 6) is 1.10. The Morgan fingerprint density at radius 2 is 1.92 bits per heavy atom. The van der Waals surface area contributed by atoms with Crippen LogP contribution >= 0.6 is 0 Å². The van der Waals surface area contributed by atoms with E-state index in [0.717, 1.165) is 11.3 Å². The summed E-state index contributed by atoms with van der Waals surface area (Å²) in [5.41, 5.74) is 0.980. The first-order valence-electron chi connectivity index (χ1n) is 7.62. The fourth-order valence-corrected chi connectivity index (χ4v) is 2.13. The van der Waals surface area contributed by atoms with Crippen molar-refractivity contribution in [2.45, 2.75) is 13.5 Å². The van der Waals surface area contributed by atoms with Crippen LogP contribution in [0.1, 0.15) is 12.5 Å². The number of ether oxygens (including phenoxy) is 2. The van der Waals surface area contributed by atoms with Crippen LogP contribution in [0.4, 0.5) is 16.2 Å². The number of anilines is 1. The second-order valence-electron chi connectivity index (χ2n) is 5.03. The van der Waals surface area contributed by atoms with E-state index < -0.39 is 11.0 Å². The first-order valence-corrected chi connectivity index (χ1v) is 7.62. The van der Waals surface area contributed by atoms with Crippen molar-refractivity contribution in [3.8, 4) is 11.5 Å². The normalized spacial score (nSPS) is 10.0. The van der Waals surface area contributed by atoms with Gasteiger partial charge >= 0.3 is 6.03 Å². The summed E-state index contributed by atoms with van der Waals surface area (Å²) in [4.78, 5) is 22.3. The summed E-state index contributed by atoms with van der Waals surface area (Å²) in [6.07, 6.45) is 0. The maximum atomic E-state index is 12.0. The minimum atomic E-state index is -0.539. The molecule has 0 aliphatic rings. The molecule has 8 nitrogen and oxygen atoms in total. The third-order valence-corrected chi connectivity index (χ3v) is 3.33. The van der Waals surface area contributed by atoms with Gasteiger partial charge in [0.15, 0.2) is 0 Å². The van der Waals surface area contributed by atoms with Crippen molar-refractivity contribution in [2.75, 3.05) is 19.0 Å². The number of hydrogen-bond donors (Lipinski definition) is 2. The van der Waals surface area contributed by atoms with E-state index in [4.69, 9.17) is 9.47 Å². The minimum absolute atomic E-state index is 0.136. The zero-order valence-electron chi connectivity index (χ0n) is 13.9. The number of urea groups is 1. The highest BCUT2D eigenvalue weighted by atomic mass is 16.6. The molecule has 0 heterocycles. The predicted octanol–water partition coefficient (Wildman–Crippen LogP) is 3.32. The summed E-state index contributed by atoms with van der Waals surface area (Å²) in [6.45, 7) is 2.79. The van der Waals surface area contributed by atoms with Crippen LogP contribution in [0.5, 0.6) is 11.5 Å². The summed E-state index contributed by atoms with van der Waals surface area (Å²) in [5, 5.41) is 16.1. The molecule has 0 atom stereocenters. The summed E-state index contributed by atoms with van der Waals surface area (Å²) >= 11 is 0. The number of carbonyl (C=O) groups is 1. The van der Waals surface area contributed by atoms with Crippen molar-refractivity contribution < 1.29 is 19.2 Å². The monoisotopic (exact) mass is 345 g/mol. The van der Waals surface area contributed by atoms with E-state index in [1.54, 1.807) is 0 Å². The number of benzene rings is 2. The van der Waals surface area contributed by atoms with E-state index in [0.29, 0.717) is 18.9 Å². The van der Waals surface area contributed by atoms with E-state index in [2.05, 4.69) is 10.6 Å². The summed E-state index contributed by atoms with van der Waals surface area (Å²) in [7, 11) is 1.42. The van der Waals surface area contributed by atoms with E-state index in [-0.39, 0.29) is 11.4 Å². The van der Waals surface area contributed by atoms with Gasteiger partial charge in [0.05, 0.1) is 24.3 Å². The molecule has 25 heavy (non-hydrogen) atoms. The standard InChI is InChI=1S/C17H19N3O5/c1-3-25-14-7-4-12(5-8-14)11-18-17(21)19-15-10-13(20(22)23)6-9-16(15)24-2/h4-10H,3,11H2,1-2H3,(H2,18,19,21). The SMILES string of the molecule is CCOc1ccc(CNC(=O)Nc2cc([N+](=O)[O-])ccc2OC)cc1. The molecular weight excluding hydrogens is 326 g/mol. The number of rotatable bonds is 7. The van der Waals surface area contributed by atoms with Gasteiger partial charge in [-0.05, 0) is 30.7 Å². The number of carbonyl (C=O) groups excluding carboxylic acids is 1. The van der Waals surface area contributed by atoms with Gasteiger partial charge in [0.25, 0.3) is 5.69 Å². The summed E-state index contributed by atoms with van der Waals surface area (Å²) in [6, 6.07) is 10.8. The van der Waals surface area contributed by atoms with Gasteiger partial charge in [-0.25, -0.2) is 4.79 Å². The predicted molar refractivity (Wildman–Crippen MR) is 93.1 cm³/mol. The molecule has 0 radical (unpaired) electrons. The third kappa shape index (κ3) is 5.10. The molecule has 8 heteroatoms. The minimum Gasteiger partial charge on any atom is -0.495 e. The Hall–Kier alpha value is -3.29. The number of non-ortho nitro benzene ring substituents is 1. The van der Waals surface area contributed by atoms with Gasteiger partial charge < -0.3 is 20.1 Å². The largest absolute Gasteiger partial charge is 0.495 e. The Bertz CT molecular complexity index is 746. The fraction of sp³-hybridized carbons (Fsp3) is 0.235. The van der Waals surface area contributed by atoms with Gasteiger partial charge in [0.2, 0.25) is 0 Å². The molecule has 0 bridgehead atoms. The zero-order valence-corrected chi connectivity index (χ0v) is 13.9. The van der Waals surface area contributed by atoms with Crippen molar-refractivity contribution in [3.05, 3.63) is 58.1 Å². The molecule has 0 saturated heterocycles. The van der Waals surface area contributed by atoms with Crippen LogP contribution < -0.4 is 20.1 Å². The second-order valence-corrected chi connectivity index (χ2v) is 5.03. The van der Waals surface area contributed by atoms with Crippen molar-refractivity contribution in [2.24, 2.45) is 0 Å². The molecule has 0 aromatic heterocycles. The third-order valence-electron chi connectivity index (χ3n) is 3.33. The quantitative estimate of drug-likeness (QED) is 0.592. The Labute approximate surface area is 144 Å². The number of nitro benzene ring substituents is 1. The van der Waals surface area contributed by atoms with Gasteiger partial charge in [-0.2, -0.15) is 0 Å². The van der Waals surface area contributed by atoms with Gasteiger partial charge in [-0.3, -0.25) is 10.1 Å². The highest BCUT2D eigenvalue weighted by Crippen LogP contribution is 2.28. The lowest BCUT2D eigenvalue weighted by Gasteiger charge is -2.11. The number of nitro groups is 1. The van der Waals surface area contributed by atoms with Crippen LogP contribution in [0, 0.1) is 10.1 Å². The molecule has 2 rings (SSSR count). The molecule has 0 unspecified atom stereocenters. The van der Waals surface area contributed by atoms with Gasteiger partial charge in [0, 0.05) is 18.7 Å². The average molecular weight is 345 g/mol. The number of nitrogens with one attached hydrogen (secondary N) is 2. The summed E-state index contributed by atoms with van der Waals surface area (Å²) < 4.78 is 10.5. The van der Waals surface area contributed by atoms with Crippen LogP contribution in [0.3, 0.4) is 0 Å². The van der Waals surface area contributed by atoms with Crippen LogP contribution in [0.2, 0.25) is 0 Å². The molecule has 2 amide bonds. The van der Waals surface area contributed by atoms with Crippen LogP contribution in [0.15, 0.2) is 42.5 Å². The molecule has 0 fully saturated rings. The number of methoxy groups -OCH3 is 1. The molecular formula is C17H19N3O5. The van der Waals surface area contributed by atoms with E-state index >= 15 is 0 Å². The lowest BCUT2D eigenvalue weighted by molar-refractivity contribution is -0.384. The first-order chi connectivity index (χ1) is 12.0. The Morgan fingerprint density at radius 1 is 1.20 bits per heavy atom. The smallest absolute Gasteiger partial charge is 0.319 e. The van der Waals surface area contributed by atoms with E-state index in [1.807, 2.05) is 31.2 Å². The first kappa shape index (κ1) is 18.1. The molecule has 2 N–H and O–H groups in total. The highest BCUT2D eigenvalue weighted by Gasteiger charge is 2.13. The molecule has 0 spiro atoms. The van der Waals surface area contributed by atoms with Crippen molar-refractivity contribution in [1.82, 2.24) is 5.32 Å². The molecule has 0 saturated carbocycles. The van der Waals surface area contributed by atoms with Crippen molar-refractivity contribution >= 4 is 17.4 Å². The lowest BCUT2D eigenvalue weighted by atomic mass is 10.2. The maximum Gasteiger partial charge on any atom is 0.319 e. The Balaban J connectivity index is 1.97. The average Bonchev–Trinajstić information content (AvgIpc) is 2.61. The molecule has 0 aliphatic carbocycles. The van der Waals surface area contributed by atoms with Crippen molar-refractivity contribution in [1.29, 1.82) is 0 Å². The number of hydrogen-bond acceptors (Lipinski definition) is 5. The molecule has 2 aromatic rings. The van der Waals surface area contributed by atoms with Gasteiger partial charge in [-0.15, -0.1) is 0 Å². The molecule has 2 aromatic carbocycles. The molecule has 0 aliphatic heterocycles. The van der Waals surface area contributed by atoms with Gasteiger partial charge in [-0.1, -0.05) is 12.1 Å². The topological polar surface area (TPSA) is 103 Å². The van der Waals surface area contributed by atoms with E-state index in [9.17, 15) is 14.9 Å². The fourth-order valence-electron chi connectivity index (χ4n) is 2.13. The highest BCUT2D eigenvalue weighted by molar-refractivity contribution is 5.91. The Morgan fingerprint density at radius 3 is 2.52 bits per heavy atom. The van der Waals surface area contributed by atoms with Crippen molar-refractivity contribution in [3.63, 3.8) is 0 Å². The lowest BCUT2D eigenvalue weighted by Crippen LogP contribution is -2.28. The van der Waals surface area contributed by atoms with Crippen LogP contribution in [-0.4, -0.2) is 24.7 Å². The molecule has 132 valence electrons. The maximum absolute atomic E-state index is 12.0. The van der Waals surface area contributed by atoms with E-state index in [1.165, 1.54) is 25.3 Å². The zero-order chi connectivity index (χ0) is 18.2. The number of nitrogens with zero attached hydrogens (tertiary/aromatic N) is 1. The van der Waals surface area contributed by atoms with Crippen LogP contribution in [-0.2, 0) is 6.54 Å². The number of amides is 2. The van der Waals surface area contributed by atoms with Gasteiger partial charge in [0.1, 0.15) is 11.5 Å². The Kier molecular flexibility index (Phi) is 6.16. The second kappa shape index (κ2) is 8.53.